The van der Waals surface area contributed by atoms with Crippen molar-refractivity contribution in [3.63, 3.8) is 0 Å². The van der Waals surface area contributed by atoms with Gasteiger partial charge in [-0.25, -0.2) is 8.42 Å². The van der Waals surface area contributed by atoms with E-state index in [0.29, 0.717) is 34.3 Å². The van der Waals surface area contributed by atoms with Crippen LogP contribution in [0.5, 0.6) is 11.5 Å². The highest BCUT2D eigenvalue weighted by Gasteiger charge is 2.30. The summed E-state index contributed by atoms with van der Waals surface area (Å²) in [5.74, 6) is 1.35. The van der Waals surface area contributed by atoms with Crippen molar-refractivity contribution in [3.8, 4) is 11.5 Å². The lowest BCUT2D eigenvalue weighted by Crippen LogP contribution is -2.14. The average molecular weight is 484 g/mol. The third kappa shape index (κ3) is 5.23. The van der Waals surface area contributed by atoms with Gasteiger partial charge >= 0.3 is 0 Å². The minimum absolute atomic E-state index is 0.0310. The van der Waals surface area contributed by atoms with Crippen LogP contribution in [-0.4, -0.2) is 33.7 Å². The molecule has 1 heterocycles. The molecular weight excluding hydrogens is 458 g/mol. The standard InChI is InChI=1S/C24H25N3O6S/c1-15-23(25-24(28)17-7-8-17)21(33-26-15)13-6-16-4-10-19(11-5-16)34(29,30)27-20-12-9-18(31-2)14-22(20)32-3/h4-6,9-14,17,27H,7-8H2,1-3H3,(H,25,28). The Morgan fingerprint density at radius 1 is 1.09 bits per heavy atom. The molecule has 3 aromatic rings. The Hall–Kier alpha value is -3.79. The number of carbonyl (C=O) groups excluding carboxylic acids is 1. The summed E-state index contributed by atoms with van der Waals surface area (Å²) in [7, 11) is -0.871. The minimum Gasteiger partial charge on any atom is -0.497 e. The zero-order valence-electron chi connectivity index (χ0n) is 19.0. The van der Waals surface area contributed by atoms with Crippen LogP contribution in [0.2, 0.25) is 0 Å². The molecule has 34 heavy (non-hydrogen) atoms. The topological polar surface area (TPSA) is 120 Å². The highest BCUT2D eigenvalue weighted by Crippen LogP contribution is 2.32. The maximum absolute atomic E-state index is 12.8. The molecule has 2 N–H and O–H groups in total. The van der Waals surface area contributed by atoms with Gasteiger partial charge in [-0.15, -0.1) is 0 Å². The Morgan fingerprint density at radius 3 is 2.47 bits per heavy atom. The monoisotopic (exact) mass is 483 g/mol. The second-order valence-corrected chi connectivity index (χ2v) is 9.53. The predicted molar refractivity (Wildman–Crippen MR) is 128 cm³/mol. The van der Waals surface area contributed by atoms with Gasteiger partial charge in [0.25, 0.3) is 10.0 Å². The Labute approximate surface area is 197 Å². The van der Waals surface area contributed by atoms with Gasteiger partial charge in [0.2, 0.25) is 5.91 Å². The van der Waals surface area contributed by atoms with Gasteiger partial charge in [0, 0.05) is 12.0 Å². The van der Waals surface area contributed by atoms with Crippen LogP contribution in [0, 0.1) is 12.8 Å². The number of ether oxygens (including phenoxy) is 2. The van der Waals surface area contributed by atoms with E-state index in [-0.39, 0.29) is 16.7 Å². The Bertz CT molecular complexity index is 1330. The first-order valence-corrected chi connectivity index (χ1v) is 12.1. The molecule has 0 spiro atoms. The Balaban J connectivity index is 1.48. The van der Waals surface area contributed by atoms with Crippen LogP contribution >= 0.6 is 0 Å². The van der Waals surface area contributed by atoms with Gasteiger partial charge < -0.3 is 19.3 Å². The lowest BCUT2D eigenvalue weighted by Gasteiger charge is -2.13. The number of aromatic nitrogens is 1. The van der Waals surface area contributed by atoms with Crippen LogP contribution < -0.4 is 19.5 Å². The SMILES string of the molecule is COc1ccc(NS(=O)(=O)c2ccc(C=Cc3onc(C)c3NC(=O)C3CC3)cc2)c(OC)c1. The minimum atomic E-state index is -3.84. The quantitative estimate of drug-likeness (QED) is 0.465. The van der Waals surface area contributed by atoms with Gasteiger partial charge in [0.1, 0.15) is 22.9 Å². The molecule has 1 aliphatic rings. The molecule has 1 aromatic heterocycles. The summed E-state index contributed by atoms with van der Waals surface area (Å²) in [4.78, 5) is 12.2. The number of hydrogen-bond donors (Lipinski definition) is 2. The molecule has 0 radical (unpaired) electrons. The van der Waals surface area contributed by atoms with Gasteiger partial charge in [-0.05, 0) is 55.7 Å². The number of benzene rings is 2. The van der Waals surface area contributed by atoms with E-state index in [1.807, 2.05) is 0 Å². The van der Waals surface area contributed by atoms with Crippen LogP contribution in [0.15, 0.2) is 51.9 Å². The second kappa shape index (κ2) is 9.60. The fourth-order valence-corrected chi connectivity index (χ4v) is 4.31. The lowest BCUT2D eigenvalue weighted by molar-refractivity contribution is -0.117. The van der Waals surface area contributed by atoms with E-state index >= 15 is 0 Å². The van der Waals surface area contributed by atoms with E-state index in [1.54, 1.807) is 49.4 Å². The van der Waals surface area contributed by atoms with Crippen LogP contribution in [0.25, 0.3) is 12.2 Å². The van der Waals surface area contributed by atoms with Gasteiger partial charge in [0.15, 0.2) is 5.76 Å². The van der Waals surface area contributed by atoms with E-state index in [4.69, 9.17) is 14.0 Å². The molecule has 0 bridgehead atoms. The molecule has 0 atom stereocenters. The molecule has 2 aromatic carbocycles. The molecule has 1 aliphatic carbocycles. The molecule has 10 heteroatoms. The van der Waals surface area contributed by atoms with E-state index < -0.39 is 10.0 Å². The number of methoxy groups -OCH3 is 2. The summed E-state index contributed by atoms with van der Waals surface area (Å²) in [5.41, 5.74) is 2.18. The zero-order valence-corrected chi connectivity index (χ0v) is 19.8. The van der Waals surface area contributed by atoms with Crippen LogP contribution in [0.4, 0.5) is 11.4 Å². The Morgan fingerprint density at radius 2 is 1.82 bits per heavy atom. The summed E-state index contributed by atoms with van der Waals surface area (Å²) in [6.07, 6.45) is 5.24. The van der Waals surface area contributed by atoms with Crippen LogP contribution in [-0.2, 0) is 14.8 Å². The van der Waals surface area contributed by atoms with Crippen molar-refractivity contribution in [1.29, 1.82) is 0 Å². The summed E-state index contributed by atoms with van der Waals surface area (Å²) < 4.78 is 43.9. The maximum Gasteiger partial charge on any atom is 0.262 e. The first-order chi connectivity index (χ1) is 16.3. The van der Waals surface area contributed by atoms with Crippen molar-refractivity contribution >= 4 is 39.5 Å². The average Bonchev–Trinajstić information content (AvgIpc) is 3.63. The zero-order chi connectivity index (χ0) is 24.3. The largest absolute Gasteiger partial charge is 0.497 e. The van der Waals surface area contributed by atoms with E-state index in [2.05, 4.69) is 15.2 Å². The first kappa shape index (κ1) is 23.4. The predicted octanol–water partition coefficient (Wildman–Crippen LogP) is 4.32. The summed E-state index contributed by atoms with van der Waals surface area (Å²) in [6, 6.07) is 11.1. The molecule has 1 saturated carbocycles. The van der Waals surface area contributed by atoms with E-state index in [9.17, 15) is 13.2 Å². The van der Waals surface area contributed by atoms with Crippen molar-refractivity contribution in [2.75, 3.05) is 24.3 Å². The fraction of sp³-hybridized carbons (Fsp3) is 0.250. The number of anilines is 2. The molecule has 178 valence electrons. The van der Waals surface area contributed by atoms with Crippen LogP contribution in [0.1, 0.15) is 29.9 Å². The first-order valence-electron chi connectivity index (χ1n) is 10.6. The summed E-state index contributed by atoms with van der Waals surface area (Å²) >= 11 is 0. The molecule has 0 unspecified atom stereocenters. The normalized spacial score (nSPS) is 13.6. The van der Waals surface area contributed by atoms with Crippen molar-refractivity contribution in [3.05, 3.63) is 59.5 Å². The highest BCUT2D eigenvalue weighted by atomic mass is 32.2. The highest BCUT2D eigenvalue weighted by molar-refractivity contribution is 7.92. The van der Waals surface area contributed by atoms with Gasteiger partial charge in [-0.1, -0.05) is 23.4 Å². The molecular formula is C24H25N3O6S. The number of amides is 1. The van der Waals surface area contributed by atoms with Crippen molar-refractivity contribution in [2.24, 2.45) is 5.92 Å². The lowest BCUT2D eigenvalue weighted by atomic mass is 10.2. The molecule has 0 aliphatic heterocycles. The number of hydrogen-bond acceptors (Lipinski definition) is 7. The number of aryl methyl sites for hydroxylation is 1. The molecule has 4 rings (SSSR count). The summed E-state index contributed by atoms with van der Waals surface area (Å²) in [5, 5.41) is 6.80. The smallest absolute Gasteiger partial charge is 0.262 e. The van der Waals surface area contributed by atoms with Crippen molar-refractivity contribution in [1.82, 2.24) is 5.16 Å². The molecule has 9 nitrogen and oxygen atoms in total. The second-order valence-electron chi connectivity index (χ2n) is 7.84. The third-order valence-corrected chi connectivity index (χ3v) is 6.74. The summed E-state index contributed by atoms with van der Waals surface area (Å²) in [6.45, 7) is 1.76. The molecule has 0 saturated heterocycles. The number of rotatable bonds is 9. The van der Waals surface area contributed by atoms with E-state index in [1.165, 1.54) is 26.4 Å². The molecule has 1 fully saturated rings. The maximum atomic E-state index is 12.8. The Kier molecular flexibility index (Phi) is 6.60. The van der Waals surface area contributed by atoms with Crippen molar-refractivity contribution < 1.29 is 27.2 Å². The van der Waals surface area contributed by atoms with Gasteiger partial charge in [0.05, 0.1) is 24.8 Å². The number of carbonyl (C=O) groups is 1. The molecule has 1 amide bonds. The number of nitrogens with one attached hydrogen (secondary N) is 2. The van der Waals surface area contributed by atoms with E-state index in [0.717, 1.165) is 18.4 Å². The van der Waals surface area contributed by atoms with Gasteiger partial charge in [-0.3, -0.25) is 9.52 Å². The third-order valence-electron chi connectivity index (χ3n) is 5.36. The van der Waals surface area contributed by atoms with Crippen molar-refractivity contribution in [2.45, 2.75) is 24.7 Å². The van der Waals surface area contributed by atoms with Crippen LogP contribution in [0.3, 0.4) is 0 Å². The fourth-order valence-electron chi connectivity index (χ4n) is 3.24. The van der Waals surface area contributed by atoms with Gasteiger partial charge in [-0.2, -0.15) is 0 Å². The number of nitrogens with zero attached hydrogens (tertiary/aromatic N) is 1. The number of sulfonamides is 1.